The molecule has 146 valence electrons. The van der Waals surface area contributed by atoms with E-state index in [1.165, 1.54) is 44.1 Å². The van der Waals surface area contributed by atoms with Crippen molar-refractivity contribution in [2.24, 2.45) is 0 Å². The van der Waals surface area contributed by atoms with Crippen LogP contribution >= 0.6 is 0 Å². The molecular formula is C22H35NO3. The maximum absolute atomic E-state index is 12.2. The molecule has 4 heteroatoms. The number of esters is 1. The van der Waals surface area contributed by atoms with E-state index < -0.39 is 6.04 Å². The summed E-state index contributed by atoms with van der Waals surface area (Å²) in [7, 11) is 0. The number of hydrogen-bond donors (Lipinski definition) is 1. The molecule has 0 spiro atoms. The molecule has 0 aliphatic carbocycles. The van der Waals surface area contributed by atoms with Crippen LogP contribution < -0.4 is 5.32 Å². The molecule has 4 nitrogen and oxygen atoms in total. The van der Waals surface area contributed by atoms with E-state index in [9.17, 15) is 9.59 Å². The maximum Gasteiger partial charge on any atom is 0.328 e. The highest BCUT2D eigenvalue weighted by Crippen LogP contribution is 2.09. The van der Waals surface area contributed by atoms with Crippen molar-refractivity contribution in [2.75, 3.05) is 6.61 Å². The molecule has 0 bridgehead atoms. The number of rotatable bonds is 13. The lowest BCUT2D eigenvalue weighted by atomic mass is 10.1. The van der Waals surface area contributed by atoms with Crippen LogP contribution in [0, 0.1) is 0 Å². The third kappa shape index (κ3) is 9.02. The van der Waals surface area contributed by atoms with E-state index in [0.717, 1.165) is 19.3 Å². The van der Waals surface area contributed by atoms with Crippen molar-refractivity contribution in [1.29, 1.82) is 0 Å². The van der Waals surface area contributed by atoms with Crippen molar-refractivity contribution in [3.05, 3.63) is 35.4 Å². The Bertz CT molecular complexity index is 525. The van der Waals surface area contributed by atoms with Crippen molar-refractivity contribution in [3.8, 4) is 0 Å². The van der Waals surface area contributed by atoms with Gasteiger partial charge in [-0.1, -0.05) is 70.9 Å². The van der Waals surface area contributed by atoms with Crippen molar-refractivity contribution in [3.63, 3.8) is 0 Å². The Balaban J connectivity index is 2.16. The van der Waals surface area contributed by atoms with Gasteiger partial charge in [0.1, 0.15) is 6.04 Å². The average molecular weight is 362 g/mol. The van der Waals surface area contributed by atoms with E-state index in [-0.39, 0.29) is 11.9 Å². The lowest BCUT2D eigenvalue weighted by molar-refractivity contribution is -0.145. The van der Waals surface area contributed by atoms with Gasteiger partial charge in [0, 0.05) is 5.56 Å². The maximum atomic E-state index is 12.2. The summed E-state index contributed by atoms with van der Waals surface area (Å²) in [5.41, 5.74) is 1.74. The zero-order valence-corrected chi connectivity index (χ0v) is 16.7. The first-order chi connectivity index (χ1) is 12.6. The second kappa shape index (κ2) is 13.4. The summed E-state index contributed by atoms with van der Waals surface area (Å²) in [6.07, 6.45) is 10.6. The van der Waals surface area contributed by atoms with Crippen LogP contribution in [0.15, 0.2) is 24.3 Å². The second-order valence-electron chi connectivity index (χ2n) is 6.89. The van der Waals surface area contributed by atoms with Crippen LogP contribution in [0.1, 0.15) is 88.1 Å². The van der Waals surface area contributed by atoms with Gasteiger partial charge in [0.05, 0.1) is 6.61 Å². The summed E-state index contributed by atoms with van der Waals surface area (Å²) in [6, 6.07) is 6.79. The van der Waals surface area contributed by atoms with Crippen molar-refractivity contribution in [1.82, 2.24) is 5.32 Å². The van der Waals surface area contributed by atoms with Gasteiger partial charge in [-0.05, 0) is 37.5 Å². The molecule has 26 heavy (non-hydrogen) atoms. The molecule has 1 aromatic rings. The van der Waals surface area contributed by atoms with Gasteiger partial charge >= 0.3 is 5.97 Å². The van der Waals surface area contributed by atoms with Gasteiger partial charge in [-0.2, -0.15) is 0 Å². The number of ether oxygens (including phenoxy) is 1. The average Bonchev–Trinajstić information content (AvgIpc) is 2.66. The second-order valence-corrected chi connectivity index (χ2v) is 6.89. The van der Waals surface area contributed by atoms with E-state index in [4.69, 9.17) is 4.74 Å². The van der Waals surface area contributed by atoms with Crippen molar-refractivity contribution >= 4 is 11.9 Å². The highest BCUT2D eigenvalue weighted by atomic mass is 16.5. The quantitative estimate of drug-likeness (QED) is 0.395. The van der Waals surface area contributed by atoms with E-state index in [2.05, 4.69) is 19.2 Å². The molecule has 0 saturated carbocycles. The fraction of sp³-hybridized carbons (Fsp3) is 0.636. The normalized spacial score (nSPS) is 11.8. The first-order valence-corrected chi connectivity index (χ1v) is 10.1. The van der Waals surface area contributed by atoms with Crippen LogP contribution in [0.3, 0.4) is 0 Å². The van der Waals surface area contributed by atoms with Crippen LogP contribution in [0.2, 0.25) is 0 Å². The Labute approximate surface area is 158 Å². The fourth-order valence-electron chi connectivity index (χ4n) is 2.76. The summed E-state index contributed by atoms with van der Waals surface area (Å²) in [5.74, 6) is -0.615. The van der Waals surface area contributed by atoms with Gasteiger partial charge in [0.25, 0.3) is 5.91 Å². The van der Waals surface area contributed by atoms with Crippen LogP contribution in [-0.2, 0) is 16.0 Å². The van der Waals surface area contributed by atoms with E-state index >= 15 is 0 Å². The molecule has 0 fully saturated rings. The van der Waals surface area contributed by atoms with Gasteiger partial charge in [-0.15, -0.1) is 0 Å². The highest BCUT2D eigenvalue weighted by Gasteiger charge is 2.17. The molecule has 1 rings (SSSR count). The van der Waals surface area contributed by atoms with Crippen molar-refractivity contribution in [2.45, 2.75) is 84.6 Å². The zero-order chi connectivity index (χ0) is 19.2. The third-order valence-electron chi connectivity index (χ3n) is 4.57. The summed E-state index contributed by atoms with van der Waals surface area (Å²) >= 11 is 0. The Kier molecular flexibility index (Phi) is 11.4. The van der Waals surface area contributed by atoms with Gasteiger partial charge in [0.15, 0.2) is 0 Å². The van der Waals surface area contributed by atoms with Crippen LogP contribution in [0.25, 0.3) is 0 Å². The number of nitrogens with one attached hydrogen (secondary N) is 1. The molecule has 1 N–H and O–H groups in total. The Morgan fingerprint density at radius 3 is 2.08 bits per heavy atom. The van der Waals surface area contributed by atoms with Gasteiger partial charge in [0.2, 0.25) is 0 Å². The Hall–Kier alpha value is -1.84. The predicted octanol–water partition coefficient (Wildman–Crippen LogP) is 5.05. The lowest BCUT2D eigenvalue weighted by Gasteiger charge is -2.13. The molecule has 1 atom stereocenters. The Morgan fingerprint density at radius 2 is 1.50 bits per heavy atom. The van der Waals surface area contributed by atoms with E-state index in [1.807, 2.05) is 12.1 Å². The molecule has 0 aliphatic heterocycles. The van der Waals surface area contributed by atoms with E-state index in [0.29, 0.717) is 12.2 Å². The highest BCUT2D eigenvalue weighted by molar-refractivity contribution is 5.96. The molecule has 0 heterocycles. The van der Waals surface area contributed by atoms with E-state index in [1.54, 1.807) is 19.1 Å². The smallest absolute Gasteiger partial charge is 0.328 e. The first kappa shape index (κ1) is 22.2. The topological polar surface area (TPSA) is 55.4 Å². The van der Waals surface area contributed by atoms with Crippen LogP contribution in [-0.4, -0.2) is 24.5 Å². The Morgan fingerprint density at radius 1 is 0.923 bits per heavy atom. The van der Waals surface area contributed by atoms with Crippen LogP contribution in [0.5, 0.6) is 0 Å². The minimum Gasteiger partial charge on any atom is -0.464 e. The SMILES string of the molecule is CCCCCCCCCCOC(=O)C(C)NC(=O)c1ccc(CC)cc1. The number of unbranched alkanes of at least 4 members (excludes halogenated alkanes) is 7. The minimum absolute atomic E-state index is 0.246. The standard InChI is InChI=1S/C22H35NO3/c1-4-6-7-8-9-10-11-12-17-26-22(25)18(3)23-21(24)20-15-13-19(5-2)14-16-20/h13-16,18H,4-12,17H2,1-3H3,(H,23,24). The van der Waals surface area contributed by atoms with Gasteiger partial charge in [-0.3, -0.25) is 4.79 Å². The largest absolute Gasteiger partial charge is 0.464 e. The van der Waals surface area contributed by atoms with Gasteiger partial charge < -0.3 is 10.1 Å². The number of hydrogen-bond acceptors (Lipinski definition) is 3. The molecule has 0 aromatic heterocycles. The summed E-state index contributed by atoms with van der Waals surface area (Å²) in [5, 5.41) is 2.70. The fourth-order valence-corrected chi connectivity index (χ4v) is 2.76. The first-order valence-electron chi connectivity index (χ1n) is 10.1. The molecular weight excluding hydrogens is 326 g/mol. The molecule has 0 aliphatic rings. The minimum atomic E-state index is -0.637. The number of carbonyl (C=O) groups excluding carboxylic acids is 2. The zero-order valence-electron chi connectivity index (χ0n) is 16.7. The third-order valence-corrected chi connectivity index (χ3v) is 4.57. The lowest BCUT2D eigenvalue weighted by Crippen LogP contribution is -2.39. The monoisotopic (exact) mass is 361 g/mol. The molecule has 0 radical (unpaired) electrons. The molecule has 0 saturated heterocycles. The number of amides is 1. The van der Waals surface area contributed by atoms with Crippen LogP contribution in [0.4, 0.5) is 0 Å². The number of benzene rings is 1. The predicted molar refractivity (Wildman–Crippen MR) is 106 cm³/mol. The molecule has 1 aromatic carbocycles. The van der Waals surface area contributed by atoms with Gasteiger partial charge in [-0.25, -0.2) is 4.79 Å². The summed E-state index contributed by atoms with van der Waals surface area (Å²) < 4.78 is 5.27. The number of carbonyl (C=O) groups is 2. The molecule has 1 unspecified atom stereocenters. The van der Waals surface area contributed by atoms with Crippen molar-refractivity contribution < 1.29 is 14.3 Å². The summed E-state index contributed by atoms with van der Waals surface area (Å²) in [6.45, 7) is 6.38. The molecule has 1 amide bonds. The summed E-state index contributed by atoms with van der Waals surface area (Å²) in [4.78, 5) is 24.1. The number of aryl methyl sites for hydroxylation is 1.